The van der Waals surface area contributed by atoms with Crippen LogP contribution in [0, 0.1) is 22.0 Å². The van der Waals surface area contributed by atoms with E-state index in [-0.39, 0.29) is 11.3 Å². The second-order valence-corrected chi connectivity index (χ2v) is 5.93. The first-order valence-corrected chi connectivity index (χ1v) is 7.48. The Morgan fingerprint density at radius 3 is 2.62 bits per heavy atom. The highest BCUT2D eigenvalue weighted by Crippen LogP contribution is 2.37. The van der Waals surface area contributed by atoms with Crippen molar-refractivity contribution in [2.45, 2.75) is 19.8 Å². The molecular formula is C16H15N3O5. The number of rotatable bonds is 3. The number of carbonyl (C=O) groups excluding carboxylic acids is 3. The quantitative estimate of drug-likeness (QED) is 0.392. The van der Waals surface area contributed by atoms with Crippen LogP contribution in [0.4, 0.5) is 5.69 Å². The van der Waals surface area contributed by atoms with Crippen molar-refractivity contribution < 1.29 is 19.3 Å². The van der Waals surface area contributed by atoms with Crippen molar-refractivity contribution in [2.75, 3.05) is 0 Å². The topological polar surface area (TPSA) is 110 Å². The predicted molar refractivity (Wildman–Crippen MR) is 82.4 cm³/mol. The molecule has 0 saturated carbocycles. The summed E-state index contributed by atoms with van der Waals surface area (Å²) in [5.74, 6) is -2.75. The zero-order valence-corrected chi connectivity index (χ0v) is 12.9. The molecule has 0 aromatic heterocycles. The fourth-order valence-electron chi connectivity index (χ4n) is 3.13. The number of hydrogen-bond acceptors (Lipinski definition) is 5. The van der Waals surface area contributed by atoms with Crippen LogP contribution in [0.25, 0.3) is 0 Å². The zero-order chi connectivity index (χ0) is 17.4. The van der Waals surface area contributed by atoms with Gasteiger partial charge in [0.1, 0.15) is 5.56 Å². The van der Waals surface area contributed by atoms with E-state index in [4.69, 9.17) is 0 Å². The van der Waals surface area contributed by atoms with Gasteiger partial charge in [-0.1, -0.05) is 23.8 Å². The number of nitro benzene ring substituents is 1. The lowest BCUT2D eigenvalue weighted by molar-refractivity contribution is -0.385. The summed E-state index contributed by atoms with van der Waals surface area (Å²) < 4.78 is 0. The normalized spacial score (nSPS) is 22.9. The molecule has 24 heavy (non-hydrogen) atoms. The number of para-hydroxylation sites is 1. The Hall–Kier alpha value is -3.03. The standard InChI is InChI=1S/C16H15N3O5/c1-9-6-7-10-12(8-9)16(22)18(15(10)21)17-14(20)11-4-2-3-5-13(11)19(23)24/h2-6,10,12H,7-8H2,1H3,(H,17,20)/t10-,12-/m0/s1. The van der Waals surface area contributed by atoms with E-state index in [0.717, 1.165) is 5.57 Å². The molecule has 1 aromatic carbocycles. The molecule has 1 saturated heterocycles. The Bertz CT molecular complexity index is 786. The number of amides is 3. The second-order valence-electron chi connectivity index (χ2n) is 5.93. The number of nitro groups is 1. The summed E-state index contributed by atoms with van der Waals surface area (Å²) in [5.41, 5.74) is 2.67. The number of hydrazine groups is 1. The summed E-state index contributed by atoms with van der Waals surface area (Å²) in [6.45, 7) is 1.89. The monoisotopic (exact) mass is 329 g/mol. The first kappa shape index (κ1) is 15.9. The van der Waals surface area contributed by atoms with Crippen molar-refractivity contribution in [2.24, 2.45) is 11.8 Å². The van der Waals surface area contributed by atoms with Crippen LogP contribution in [0.2, 0.25) is 0 Å². The van der Waals surface area contributed by atoms with Crippen molar-refractivity contribution in [1.29, 1.82) is 0 Å². The van der Waals surface area contributed by atoms with E-state index in [1.807, 2.05) is 13.0 Å². The third-order valence-electron chi connectivity index (χ3n) is 4.38. The number of hydrogen-bond donors (Lipinski definition) is 1. The summed E-state index contributed by atoms with van der Waals surface area (Å²) in [5, 5.41) is 11.7. The highest BCUT2D eigenvalue weighted by molar-refractivity contribution is 6.08. The van der Waals surface area contributed by atoms with Gasteiger partial charge in [-0.2, -0.15) is 5.01 Å². The van der Waals surface area contributed by atoms with Crippen LogP contribution in [-0.4, -0.2) is 27.7 Å². The molecule has 0 unspecified atom stereocenters. The largest absolute Gasteiger partial charge is 0.282 e. The minimum absolute atomic E-state index is 0.202. The van der Waals surface area contributed by atoms with Gasteiger partial charge in [0.2, 0.25) is 0 Å². The summed E-state index contributed by atoms with van der Waals surface area (Å²) in [6.07, 6.45) is 2.85. The minimum Gasteiger partial charge on any atom is -0.272 e. The molecule has 1 aliphatic heterocycles. The third-order valence-corrected chi connectivity index (χ3v) is 4.38. The first-order valence-electron chi connectivity index (χ1n) is 7.48. The lowest BCUT2D eigenvalue weighted by Crippen LogP contribution is -2.46. The molecular weight excluding hydrogens is 314 g/mol. The first-order chi connectivity index (χ1) is 11.4. The maximum absolute atomic E-state index is 12.4. The molecule has 124 valence electrons. The van der Waals surface area contributed by atoms with E-state index in [1.54, 1.807) is 0 Å². The van der Waals surface area contributed by atoms with Crippen molar-refractivity contribution in [1.82, 2.24) is 10.4 Å². The van der Waals surface area contributed by atoms with E-state index < -0.39 is 34.5 Å². The molecule has 3 rings (SSSR count). The van der Waals surface area contributed by atoms with Crippen LogP contribution < -0.4 is 5.43 Å². The average molecular weight is 329 g/mol. The third kappa shape index (κ3) is 2.55. The fourth-order valence-corrected chi connectivity index (χ4v) is 3.13. The fraction of sp³-hybridized carbons (Fsp3) is 0.312. The smallest absolute Gasteiger partial charge is 0.272 e. The second kappa shape index (κ2) is 5.88. The number of imide groups is 1. The van der Waals surface area contributed by atoms with Gasteiger partial charge in [-0.25, -0.2) is 0 Å². The van der Waals surface area contributed by atoms with Crippen molar-refractivity contribution in [3.8, 4) is 0 Å². The number of nitrogens with zero attached hydrogens (tertiary/aromatic N) is 2. The van der Waals surface area contributed by atoms with Gasteiger partial charge < -0.3 is 0 Å². The van der Waals surface area contributed by atoms with Gasteiger partial charge in [0, 0.05) is 6.07 Å². The van der Waals surface area contributed by atoms with E-state index in [9.17, 15) is 24.5 Å². The number of nitrogens with one attached hydrogen (secondary N) is 1. The van der Waals surface area contributed by atoms with E-state index in [2.05, 4.69) is 5.43 Å². The Balaban J connectivity index is 1.82. The Labute approximate surface area is 137 Å². The molecule has 3 amide bonds. The molecule has 1 aliphatic carbocycles. The molecule has 1 fully saturated rings. The van der Waals surface area contributed by atoms with Crippen molar-refractivity contribution in [3.05, 3.63) is 51.6 Å². The van der Waals surface area contributed by atoms with Gasteiger partial charge in [-0.3, -0.25) is 29.9 Å². The molecule has 2 aliphatic rings. The number of allylic oxidation sites excluding steroid dienone is 2. The van der Waals surface area contributed by atoms with Gasteiger partial charge in [0.25, 0.3) is 23.4 Å². The predicted octanol–water partition coefficient (Wildman–Crippen LogP) is 1.58. The highest BCUT2D eigenvalue weighted by Gasteiger charge is 2.49. The molecule has 0 spiro atoms. The lowest BCUT2D eigenvalue weighted by atomic mass is 9.82. The molecule has 8 heteroatoms. The van der Waals surface area contributed by atoms with Crippen LogP contribution in [-0.2, 0) is 9.59 Å². The minimum atomic E-state index is -0.854. The molecule has 0 radical (unpaired) electrons. The van der Waals surface area contributed by atoms with Crippen LogP contribution in [0.5, 0.6) is 0 Å². The Kier molecular flexibility index (Phi) is 3.88. The summed E-state index contributed by atoms with van der Waals surface area (Å²) in [7, 11) is 0. The Morgan fingerprint density at radius 2 is 1.92 bits per heavy atom. The van der Waals surface area contributed by atoms with Gasteiger partial charge in [0.05, 0.1) is 16.8 Å². The van der Waals surface area contributed by atoms with Crippen LogP contribution in [0.15, 0.2) is 35.9 Å². The van der Waals surface area contributed by atoms with Gasteiger partial charge in [0.15, 0.2) is 0 Å². The molecule has 2 atom stereocenters. The van der Waals surface area contributed by atoms with Crippen LogP contribution >= 0.6 is 0 Å². The van der Waals surface area contributed by atoms with Crippen LogP contribution in [0.1, 0.15) is 30.1 Å². The molecule has 1 N–H and O–H groups in total. The van der Waals surface area contributed by atoms with Crippen molar-refractivity contribution in [3.63, 3.8) is 0 Å². The number of fused-ring (bicyclic) bond motifs is 1. The SMILES string of the molecule is CC1=CC[C@@H]2C(=O)N(NC(=O)c3ccccc3[N+](=O)[O-])C(=O)[C@H]2C1. The molecule has 0 bridgehead atoms. The van der Waals surface area contributed by atoms with Gasteiger partial charge >= 0.3 is 0 Å². The maximum Gasteiger partial charge on any atom is 0.282 e. The van der Waals surface area contributed by atoms with E-state index in [1.165, 1.54) is 24.3 Å². The van der Waals surface area contributed by atoms with Gasteiger partial charge in [-0.05, 0) is 25.8 Å². The number of carbonyl (C=O) groups is 3. The van der Waals surface area contributed by atoms with Crippen LogP contribution in [0.3, 0.4) is 0 Å². The Morgan fingerprint density at radius 1 is 1.25 bits per heavy atom. The summed E-state index contributed by atoms with van der Waals surface area (Å²) in [6, 6.07) is 5.37. The number of benzene rings is 1. The van der Waals surface area contributed by atoms with Crippen molar-refractivity contribution >= 4 is 23.4 Å². The molecule has 1 aromatic rings. The average Bonchev–Trinajstić information content (AvgIpc) is 2.79. The maximum atomic E-state index is 12.4. The molecule has 1 heterocycles. The lowest BCUT2D eigenvalue weighted by Gasteiger charge is -2.18. The summed E-state index contributed by atoms with van der Waals surface area (Å²) in [4.78, 5) is 47.4. The summed E-state index contributed by atoms with van der Waals surface area (Å²) >= 11 is 0. The highest BCUT2D eigenvalue weighted by atomic mass is 16.6. The van der Waals surface area contributed by atoms with Gasteiger partial charge in [-0.15, -0.1) is 0 Å². The zero-order valence-electron chi connectivity index (χ0n) is 12.9. The van der Waals surface area contributed by atoms with E-state index >= 15 is 0 Å². The van der Waals surface area contributed by atoms with E-state index in [0.29, 0.717) is 17.9 Å². The molecule has 8 nitrogen and oxygen atoms in total.